The molecule has 3 amide bonds. The Balaban J connectivity index is 1.57. The summed E-state index contributed by atoms with van der Waals surface area (Å²) in [6, 6.07) is 8.90. The molecule has 2 aliphatic heterocycles. The standard InChI is InChI=1S/C20H25N3O5S/c1-13(2)22-16(24)10-21-17(25)11-28-19(27)15-12-29-20(9-8-18(26)23(15)20)14-6-4-3-5-7-14/h3-7,13,15H,8-12H2,1-2H3,(H,21,25)(H,22,24)/t15-,20+/m0/s1. The van der Waals surface area contributed by atoms with Crippen LogP contribution in [0.5, 0.6) is 0 Å². The van der Waals surface area contributed by atoms with Crippen molar-refractivity contribution in [3.8, 4) is 0 Å². The highest BCUT2D eigenvalue weighted by molar-refractivity contribution is 8.00. The molecule has 2 heterocycles. The smallest absolute Gasteiger partial charge is 0.330 e. The number of hydrogen-bond donors (Lipinski definition) is 2. The Morgan fingerprint density at radius 1 is 1.24 bits per heavy atom. The fourth-order valence-corrected chi connectivity index (χ4v) is 5.29. The van der Waals surface area contributed by atoms with Crippen LogP contribution in [0.4, 0.5) is 0 Å². The van der Waals surface area contributed by atoms with Gasteiger partial charge in [0.05, 0.1) is 6.54 Å². The third-order valence-corrected chi connectivity index (χ3v) is 6.46. The van der Waals surface area contributed by atoms with E-state index in [-0.39, 0.29) is 24.4 Å². The summed E-state index contributed by atoms with van der Waals surface area (Å²) < 4.78 is 5.15. The first-order valence-electron chi connectivity index (χ1n) is 9.58. The first-order chi connectivity index (χ1) is 13.8. The van der Waals surface area contributed by atoms with E-state index >= 15 is 0 Å². The van der Waals surface area contributed by atoms with Gasteiger partial charge in [-0.05, 0) is 25.8 Å². The lowest BCUT2D eigenvalue weighted by molar-refractivity contribution is -0.156. The maximum absolute atomic E-state index is 12.6. The van der Waals surface area contributed by atoms with Gasteiger partial charge in [-0.3, -0.25) is 14.4 Å². The Morgan fingerprint density at radius 2 is 1.97 bits per heavy atom. The fraction of sp³-hybridized carbons (Fsp3) is 0.500. The van der Waals surface area contributed by atoms with Gasteiger partial charge in [0, 0.05) is 18.2 Å². The zero-order chi connectivity index (χ0) is 21.0. The van der Waals surface area contributed by atoms with Crippen molar-refractivity contribution in [3.05, 3.63) is 35.9 Å². The molecular formula is C20H25N3O5S. The number of thioether (sulfide) groups is 1. The van der Waals surface area contributed by atoms with Gasteiger partial charge in [-0.25, -0.2) is 4.79 Å². The van der Waals surface area contributed by atoms with Gasteiger partial charge in [-0.2, -0.15) is 0 Å². The summed E-state index contributed by atoms with van der Waals surface area (Å²) in [5.74, 6) is -1.16. The third kappa shape index (κ3) is 4.55. The summed E-state index contributed by atoms with van der Waals surface area (Å²) in [6.07, 6.45) is 1.01. The lowest BCUT2D eigenvalue weighted by atomic mass is 10.0. The number of hydrogen-bond acceptors (Lipinski definition) is 6. The van der Waals surface area contributed by atoms with Crippen LogP contribution in [0.3, 0.4) is 0 Å². The molecule has 1 aromatic carbocycles. The van der Waals surface area contributed by atoms with Crippen molar-refractivity contribution in [1.82, 2.24) is 15.5 Å². The van der Waals surface area contributed by atoms with E-state index in [1.807, 2.05) is 44.2 Å². The summed E-state index contributed by atoms with van der Waals surface area (Å²) in [6.45, 7) is 2.96. The SMILES string of the molecule is CC(C)NC(=O)CNC(=O)COC(=O)[C@@H]1CS[C@@]2(c3ccccc3)CCC(=O)N12. The van der Waals surface area contributed by atoms with Gasteiger partial charge < -0.3 is 20.3 Å². The van der Waals surface area contributed by atoms with Gasteiger partial charge in [-0.1, -0.05) is 30.3 Å². The minimum atomic E-state index is -0.729. The highest BCUT2D eigenvalue weighted by atomic mass is 32.2. The third-order valence-electron chi connectivity index (χ3n) is 4.87. The van der Waals surface area contributed by atoms with Gasteiger partial charge in [0.15, 0.2) is 6.61 Å². The number of carbonyl (C=O) groups excluding carboxylic acids is 4. The molecule has 1 aromatic rings. The number of benzene rings is 1. The highest BCUT2D eigenvalue weighted by Gasteiger charge is 2.57. The average Bonchev–Trinajstić information content (AvgIpc) is 3.24. The molecule has 2 N–H and O–H groups in total. The summed E-state index contributed by atoms with van der Waals surface area (Å²) in [5, 5.41) is 5.06. The maximum atomic E-state index is 12.6. The van der Waals surface area contributed by atoms with Crippen LogP contribution in [0.15, 0.2) is 30.3 Å². The van der Waals surface area contributed by atoms with Crippen LogP contribution in [-0.2, 0) is 28.8 Å². The van der Waals surface area contributed by atoms with Crippen molar-refractivity contribution in [2.24, 2.45) is 0 Å². The van der Waals surface area contributed by atoms with Gasteiger partial charge in [-0.15, -0.1) is 11.8 Å². The number of ether oxygens (including phenoxy) is 1. The Hall–Kier alpha value is -2.55. The first-order valence-corrected chi connectivity index (χ1v) is 10.6. The topological polar surface area (TPSA) is 105 Å². The van der Waals surface area contributed by atoms with Crippen LogP contribution >= 0.6 is 11.8 Å². The quantitative estimate of drug-likeness (QED) is 0.633. The van der Waals surface area contributed by atoms with Crippen molar-refractivity contribution in [1.29, 1.82) is 0 Å². The Labute approximate surface area is 173 Å². The molecular weight excluding hydrogens is 394 g/mol. The monoisotopic (exact) mass is 419 g/mol. The lowest BCUT2D eigenvalue weighted by Crippen LogP contribution is -2.47. The second kappa shape index (κ2) is 8.86. The van der Waals surface area contributed by atoms with E-state index in [0.29, 0.717) is 18.6 Å². The van der Waals surface area contributed by atoms with E-state index in [1.165, 1.54) is 0 Å². The number of fused-ring (bicyclic) bond motifs is 1. The number of nitrogens with zero attached hydrogens (tertiary/aromatic N) is 1. The molecule has 2 aliphatic rings. The summed E-state index contributed by atoms with van der Waals surface area (Å²) >= 11 is 1.56. The van der Waals surface area contributed by atoms with Crippen molar-refractivity contribution in [2.45, 2.75) is 43.6 Å². The molecule has 29 heavy (non-hydrogen) atoms. The van der Waals surface area contributed by atoms with Gasteiger partial charge >= 0.3 is 5.97 Å². The van der Waals surface area contributed by atoms with Gasteiger partial charge in [0.1, 0.15) is 10.9 Å². The van der Waals surface area contributed by atoms with Crippen molar-refractivity contribution in [2.75, 3.05) is 18.9 Å². The maximum Gasteiger partial charge on any atom is 0.330 e. The Bertz CT molecular complexity index is 801. The normalized spacial score (nSPS) is 23.1. The molecule has 8 nitrogen and oxygen atoms in total. The van der Waals surface area contributed by atoms with Crippen LogP contribution in [0.2, 0.25) is 0 Å². The van der Waals surface area contributed by atoms with Crippen LogP contribution < -0.4 is 10.6 Å². The second-order valence-electron chi connectivity index (χ2n) is 7.35. The lowest BCUT2D eigenvalue weighted by Gasteiger charge is -2.33. The predicted molar refractivity (Wildman–Crippen MR) is 108 cm³/mol. The van der Waals surface area contributed by atoms with E-state index in [0.717, 1.165) is 5.56 Å². The molecule has 0 aromatic heterocycles. The van der Waals surface area contributed by atoms with Crippen LogP contribution in [0.1, 0.15) is 32.3 Å². The molecule has 2 fully saturated rings. The van der Waals surface area contributed by atoms with E-state index in [1.54, 1.807) is 16.7 Å². The summed E-state index contributed by atoms with van der Waals surface area (Å²) in [7, 11) is 0. The van der Waals surface area contributed by atoms with Crippen LogP contribution in [0, 0.1) is 0 Å². The Morgan fingerprint density at radius 3 is 2.66 bits per heavy atom. The summed E-state index contributed by atoms with van der Waals surface area (Å²) in [4.78, 5) is 49.6. The van der Waals surface area contributed by atoms with Crippen molar-refractivity contribution >= 4 is 35.5 Å². The van der Waals surface area contributed by atoms with E-state index < -0.39 is 29.4 Å². The molecule has 9 heteroatoms. The average molecular weight is 420 g/mol. The fourth-order valence-electron chi connectivity index (χ4n) is 3.65. The number of carbonyl (C=O) groups is 4. The molecule has 0 radical (unpaired) electrons. The first kappa shape index (κ1) is 21.2. The van der Waals surface area contributed by atoms with Crippen molar-refractivity contribution < 1.29 is 23.9 Å². The molecule has 0 aliphatic carbocycles. The largest absolute Gasteiger partial charge is 0.454 e. The molecule has 3 rings (SSSR count). The predicted octanol–water partition coefficient (Wildman–Crippen LogP) is 0.761. The van der Waals surface area contributed by atoms with Gasteiger partial charge in [0.25, 0.3) is 5.91 Å². The number of nitrogens with one attached hydrogen (secondary N) is 2. The van der Waals surface area contributed by atoms with Gasteiger partial charge in [0.2, 0.25) is 11.8 Å². The minimum Gasteiger partial charge on any atom is -0.454 e. The molecule has 2 atom stereocenters. The molecule has 0 bridgehead atoms. The molecule has 2 saturated heterocycles. The highest BCUT2D eigenvalue weighted by Crippen LogP contribution is 2.54. The summed E-state index contributed by atoms with van der Waals surface area (Å²) in [5.41, 5.74) is 0.986. The Kier molecular flexibility index (Phi) is 6.46. The van der Waals surface area contributed by atoms with E-state index in [9.17, 15) is 19.2 Å². The van der Waals surface area contributed by atoms with Crippen molar-refractivity contribution in [3.63, 3.8) is 0 Å². The second-order valence-corrected chi connectivity index (χ2v) is 8.64. The number of rotatable bonds is 7. The molecule has 156 valence electrons. The minimum absolute atomic E-state index is 0.0278. The van der Waals surface area contributed by atoms with E-state index in [2.05, 4.69) is 10.6 Å². The molecule has 0 unspecified atom stereocenters. The number of amides is 3. The van der Waals surface area contributed by atoms with Crippen LogP contribution in [0.25, 0.3) is 0 Å². The molecule has 0 spiro atoms. The zero-order valence-corrected chi connectivity index (χ0v) is 17.3. The van der Waals surface area contributed by atoms with Crippen LogP contribution in [-0.4, -0.2) is 59.6 Å². The zero-order valence-electron chi connectivity index (χ0n) is 16.5. The number of esters is 1. The molecule has 0 saturated carbocycles. The van der Waals surface area contributed by atoms with E-state index in [4.69, 9.17) is 4.74 Å².